The molecule has 2 fully saturated rings. The van der Waals surface area contributed by atoms with Gasteiger partial charge in [0.15, 0.2) is 0 Å². The van der Waals surface area contributed by atoms with Crippen molar-refractivity contribution in [3.05, 3.63) is 69.3 Å². The highest BCUT2D eigenvalue weighted by molar-refractivity contribution is 7.07. The van der Waals surface area contributed by atoms with Crippen LogP contribution in [-0.4, -0.2) is 47.5 Å². The van der Waals surface area contributed by atoms with Gasteiger partial charge in [0, 0.05) is 42.9 Å². The monoisotopic (exact) mass is 557 g/mol. The maximum Gasteiger partial charge on any atom is 0.281 e. The van der Waals surface area contributed by atoms with Crippen molar-refractivity contribution in [1.82, 2.24) is 15.3 Å². The minimum absolute atomic E-state index is 0.130. The van der Waals surface area contributed by atoms with Crippen LogP contribution >= 0.6 is 22.9 Å². The fourth-order valence-corrected chi connectivity index (χ4v) is 6.75. The van der Waals surface area contributed by atoms with Gasteiger partial charge < -0.3 is 15.1 Å². The highest BCUT2D eigenvalue weighted by Gasteiger charge is 2.58. The van der Waals surface area contributed by atoms with Gasteiger partial charge in [-0.05, 0) is 49.3 Å². The van der Waals surface area contributed by atoms with E-state index in [-0.39, 0.29) is 28.5 Å². The van der Waals surface area contributed by atoms with Crippen molar-refractivity contribution in [2.75, 3.05) is 29.4 Å². The molecule has 6 rings (SSSR count). The molecule has 1 aromatic carbocycles. The molecule has 4 heterocycles. The van der Waals surface area contributed by atoms with Gasteiger partial charge in [-0.15, -0.1) is 11.3 Å². The Labute approximate surface area is 227 Å². The van der Waals surface area contributed by atoms with Gasteiger partial charge in [-0.2, -0.15) is 0 Å². The summed E-state index contributed by atoms with van der Waals surface area (Å²) in [7, 11) is 0. The first-order valence-electron chi connectivity index (χ1n) is 12.6. The van der Waals surface area contributed by atoms with Crippen molar-refractivity contribution in [2.45, 2.75) is 43.6 Å². The molecule has 198 valence electrons. The van der Waals surface area contributed by atoms with E-state index in [1.165, 1.54) is 6.07 Å². The normalized spacial score (nSPS) is 22.1. The SMILES string of the molecule is O=C(NC1CCC(CN2C(=O)C3(CN(c4cscn4)C3)c3ccccc32)CC1)c1cc(Cl)cnc1C(F)F. The molecule has 1 saturated carbocycles. The fourth-order valence-electron chi connectivity index (χ4n) is 6.03. The van der Waals surface area contributed by atoms with Crippen LogP contribution in [0.5, 0.6) is 0 Å². The fraction of sp³-hybridized carbons (Fsp3) is 0.407. The zero-order chi connectivity index (χ0) is 26.4. The number of rotatable bonds is 6. The number of carbonyl (C=O) groups excluding carboxylic acids is 2. The van der Waals surface area contributed by atoms with Gasteiger partial charge >= 0.3 is 0 Å². The Hall–Kier alpha value is -3.11. The summed E-state index contributed by atoms with van der Waals surface area (Å²) >= 11 is 7.45. The van der Waals surface area contributed by atoms with E-state index in [2.05, 4.69) is 26.3 Å². The number of hydrogen-bond donors (Lipinski definition) is 1. The van der Waals surface area contributed by atoms with E-state index in [0.29, 0.717) is 32.5 Å². The van der Waals surface area contributed by atoms with Crippen LogP contribution in [0.1, 0.15) is 53.7 Å². The number of fused-ring (bicyclic) bond motifs is 2. The van der Waals surface area contributed by atoms with Gasteiger partial charge in [0.1, 0.15) is 16.9 Å². The summed E-state index contributed by atoms with van der Waals surface area (Å²) < 4.78 is 26.7. The van der Waals surface area contributed by atoms with Crippen LogP contribution in [0.25, 0.3) is 0 Å². The minimum Gasteiger partial charge on any atom is -0.353 e. The summed E-state index contributed by atoms with van der Waals surface area (Å²) in [5.74, 6) is 0.765. The highest BCUT2D eigenvalue weighted by Crippen LogP contribution is 2.49. The number of amides is 2. The molecule has 1 spiro atoms. The minimum atomic E-state index is -2.86. The van der Waals surface area contributed by atoms with Crippen LogP contribution in [0.2, 0.25) is 5.02 Å². The number of nitrogens with zero attached hydrogens (tertiary/aromatic N) is 4. The lowest BCUT2D eigenvalue weighted by molar-refractivity contribution is -0.124. The molecule has 0 bridgehead atoms. The van der Waals surface area contributed by atoms with Gasteiger partial charge in [-0.3, -0.25) is 14.6 Å². The van der Waals surface area contributed by atoms with Gasteiger partial charge in [-0.25, -0.2) is 13.8 Å². The third-order valence-electron chi connectivity index (χ3n) is 7.99. The molecular formula is C27H26ClF2N5O2S. The second kappa shape index (κ2) is 9.89. The molecule has 2 amide bonds. The number of nitrogens with one attached hydrogen (secondary N) is 1. The van der Waals surface area contributed by atoms with Crippen LogP contribution in [0.3, 0.4) is 0 Å². The maximum absolute atomic E-state index is 13.8. The van der Waals surface area contributed by atoms with Crippen molar-refractivity contribution in [2.24, 2.45) is 5.92 Å². The zero-order valence-corrected chi connectivity index (χ0v) is 22.0. The maximum atomic E-state index is 13.8. The summed E-state index contributed by atoms with van der Waals surface area (Å²) in [5.41, 5.74) is 2.59. The lowest BCUT2D eigenvalue weighted by atomic mass is 9.74. The first kappa shape index (κ1) is 25.2. The second-order valence-electron chi connectivity index (χ2n) is 10.3. The van der Waals surface area contributed by atoms with Crippen molar-refractivity contribution < 1.29 is 18.4 Å². The number of anilines is 2. The number of para-hydroxylation sites is 1. The zero-order valence-electron chi connectivity index (χ0n) is 20.4. The van der Waals surface area contributed by atoms with E-state index in [9.17, 15) is 18.4 Å². The number of carbonyl (C=O) groups is 2. The molecule has 1 N–H and O–H groups in total. The Morgan fingerprint density at radius 1 is 1.18 bits per heavy atom. The molecule has 3 aliphatic rings. The molecule has 2 aromatic heterocycles. The Bertz CT molecular complexity index is 1360. The van der Waals surface area contributed by atoms with Crippen molar-refractivity contribution >= 4 is 46.3 Å². The summed E-state index contributed by atoms with van der Waals surface area (Å²) in [5, 5.41) is 5.02. The highest BCUT2D eigenvalue weighted by atomic mass is 35.5. The summed E-state index contributed by atoms with van der Waals surface area (Å²) in [6.45, 7) is 1.88. The van der Waals surface area contributed by atoms with E-state index < -0.39 is 23.4 Å². The van der Waals surface area contributed by atoms with Crippen molar-refractivity contribution in [3.8, 4) is 0 Å². The van der Waals surface area contributed by atoms with E-state index >= 15 is 0 Å². The van der Waals surface area contributed by atoms with Crippen LogP contribution in [0.4, 0.5) is 20.3 Å². The molecule has 1 saturated heterocycles. The molecular weight excluding hydrogens is 532 g/mol. The summed E-state index contributed by atoms with van der Waals surface area (Å²) in [6.07, 6.45) is 1.32. The van der Waals surface area contributed by atoms with Gasteiger partial charge in [0.2, 0.25) is 5.91 Å². The van der Waals surface area contributed by atoms with E-state index in [1.54, 1.807) is 16.8 Å². The van der Waals surface area contributed by atoms with Gasteiger partial charge in [0.05, 0.1) is 16.1 Å². The average molecular weight is 558 g/mol. The van der Waals surface area contributed by atoms with Gasteiger partial charge in [0.25, 0.3) is 12.3 Å². The Balaban J connectivity index is 1.09. The molecule has 11 heteroatoms. The lowest BCUT2D eigenvalue weighted by Crippen LogP contribution is -2.64. The molecule has 3 aromatic rings. The lowest BCUT2D eigenvalue weighted by Gasteiger charge is -2.47. The second-order valence-corrected chi connectivity index (χ2v) is 11.5. The topological polar surface area (TPSA) is 78.4 Å². The Morgan fingerprint density at radius 2 is 1.95 bits per heavy atom. The smallest absolute Gasteiger partial charge is 0.281 e. The van der Waals surface area contributed by atoms with Crippen LogP contribution in [0, 0.1) is 5.92 Å². The van der Waals surface area contributed by atoms with Crippen LogP contribution in [-0.2, 0) is 10.2 Å². The first-order valence-corrected chi connectivity index (χ1v) is 14.0. The number of thiazole rings is 1. The van der Waals surface area contributed by atoms with Crippen LogP contribution < -0.4 is 15.1 Å². The first-order chi connectivity index (χ1) is 18.4. The predicted octanol–water partition coefficient (Wildman–Crippen LogP) is 5.22. The molecule has 7 nitrogen and oxygen atoms in total. The number of pyridine rings is 1. The molecule has 38 heavy (non-hydrogen) atoms. The Kier molecular flexibility index (Phi) is 6.55. The summed E-state index contributed by atoms with van der Waals surface area (Å²) in [6, 6.07) is 9.16. The number of hydrogen-bond acceptors (Lipinski definition) is 6. The Morgan fingerprint density at radius 3 is 2.66 bits per heavy atom. The molecule has 0 atom stereocenters. The van der Waals surface area contributed by atoms with E-state index in [4.69, 9.17) is 11.6 Å². The number of halogens is 3. The third-order valence-corrected chi connectivity index (χ3v) is 8.77. The largest absolute Gasteiger partial charge is 0.353 e. The van der Waals surface area contributed by atoms with Crippen LogP contribution in [0.15, 0.2) is 47.4 Å². The average Bonchev–Trinajstić information content (AvgIpc) is 3.49. The molecule has 0 radical (unpaired) electrons. The van der Waals surface area contributed by atoms with Crippen molar-refractivity contribution in [1.29, 1.82) is 0 Å². The number of benzene rings is 1. The quantitative estimate of drug-likeness (QED) is 0.449. The number of aromatic nitrogens is 2. The molecule has 2 aliphatic heterocycles. The van der Waals surface area contributed by atoms with E-state index in [1.807, 2.05) is 28.5 Å². The van der Waals surface area contributed by atoms with Gasteiger partial charge in [-0.1, -0.05) is 29.8 Å². The molecule has 1 aliphatic carbocycles. The number of alkyl halides is 2. The van der Waals surface area contributed by atoms with Crippen molar-refractivity contribution in [3.63, 3.8) is 0 Å². The third kappa shape index (κ3) is 4.33. The van der Waals surface area contributed by atoms with E-state index in [0.717, 1.165) is 36.1 Å². The predicted molar refractivity (Wildman–Crippen MR) is 142 cm³/mol. The summed E-state index contributed by atoms with van der Waals surface area (Å²) in [4.78, 5) is 38.7. The standard InChI is InChI=1S/C27H26ClF2N5O2S/c28-17-9-19(23(24(29)30)31-10-17)25(36)33-18-7-5-16(6-8-18)11-35-21-4-2-1-3-20(21)27(26(35)37)13-34(14-27)22-12-38-15-32-22/h1-4,9-10,12,15-16,18,24H,5-8,11,13-14H2,(H,33,36). The molecule has 0 unspecified atom stereocenters.